The molecule has 1 aliphatic rings. The minimum absolute atomic E-state index is 0.0591. The van der Waals surface area contributed by atoms with E-state index in [1.165, 1.54) is 84.8 Å². The molecule has 544 valence electrons. The molecule has 14 N–H and O–H groups in total. The maximum atomic E-state index is 15.0. The first-order chi connectivity index (χ1) is 46.5. The topological polar surface area (TPSA) is 433 Å². The Morgan fingerprint density at radius 1 is 0.657 bits per heavy atom. The number of aliphatic carboxylic acids is 1. The predicted octanol–water partition coefficient (Wildman–Crippen LogP) is 3.40. The molecule has 3 aromatic rings. The molecule has 0 saturated carbocycles. The molecule has 28 heteroatoms. The van der Waals surface area contributed by atoms with Gasteiger partial charge in [-0.2, -0.15) is 0 Å². The Morgan fingerprint density at radius 3 is 1.83 bits per heavy atom. The van der Waals surface area contributed by atoms with Crippen molar-refractivity contribution in [2.45, 2.75) is 232 Å². The Hall–Kier alpha value is -9.18. The number of carbonyl (C=O) groups is 14. The van der Waals surface area contributed by atoms with E-state index in [4.69, 9.17) is 5.73 Å². The molecule has 0 fully saturated rings. The third-order valence-electron chi connectivity index (χ3n) is 17.5. The van der Waals surface area contributed by atoms with E-state index < -0.39 is 148 Å². The second kappa shape index (κ2) is 39.4. The summed E-state index contributed by atoms with van der Waals surface area (Å²) in [5.41, 5.74) is 6.72. The molecular weight excluding hydrogens is 1280 g/mol. The fourth-order valence-corrected chi connectivity index (χ4v) is 11.8. The number of amides is 9. The molecule has 3 unspecified atom stereocenters. The zero-order chi connectivity index (χ0) is 73.9. The number of likely N-dealkylation sites (N-methyl/N-ethyl adjacent to an activating group) is 1. The Bertz CT molecular complexity index is 3390. The summed E-state index contributed by atoms with van der Waals surface area (Å²) >= 11 is 0. The number of phenols is 1. The second-order valence-corrected chi connectivity index (χ2v) is 27.2. The number of hydrogen-bond donors (Lipinski definition) is 13. The highest BCUT2D eigenvalue weighted by molar-refractivity contribution is 6.41. The minimum atomic E-state index is -1.67. The Balaban J connectivity index is 1.65. The van der Waals surface area contributed by atoms with E-state index >= 15 is 0 Å². The van der Waals surface area contributed by atoms with E-state index in [1.54, 1.807) is 13.1 Å². The number of Topliss-reactive ketones (excluding diaryl/α,β-unsaturated/α-hetero) is 4. The van der Waals surface area contributed by atoms with Gasteiger partial charge in [-0.05, 0) is 141 Å². The smallest absolute Gasteiger partial charge is 0.303 e. The van der Waals surface area contributed by atoms with Crippen molar-refractivity contribution < 1.29 is 77.3 Å². The molecule has 28 nitrogen and oxygen atoms in total. The number of aromatic amines is 1. The van der Waals surface area contributed by atoms with Gasteiger partial charge in [0.15, 0.2) is 5.78 Å². The van der Waals surface area contributed by atoms with Gasteiger partial charge < -0.3 is 63.5 Å². The van der Waals surface area contributed by atoms with Crippen LogP contribution in [0.3, 0.4) is 0 Å². The molecular formula is C71H104N12O16. The van der Waals surface area contributed by atoms with Crippen LogP contribution in [0.5, 0.6) is 5.75 Å². The molecule has 2 aromatic carbocycles. The number of nitrogens with zero attached hydrogens (tertiary/aromatic N) is 1. The van der Waals surface area contributed by atoms with E-state index in [2.05, 4.69) is 52.9 Å². The first-order valence-electron chi connectivity index (χ1n) is 34.0. The summed E-state index contributed by atoms with van der Waals surface area (Å²) in [7, 11) is 1.44. The largest absolute Gasteiger partial charge is 0.508 e. The van der Waals surface area contributed by atoms with Crippen molar-refractivity contribution in [1.29, 1.82) is 0 Å². The van der Waals surface area contributed by atoms with Gasteiger partial charge in [-0.15, -0.1) is 0 Å². The zero-order valence-corrected chi connectivity index (χ0v) is 59.0. The Morgan fingerprint density at radius 2 is 1.22 bits per heavy atom. The highest BCUT2D eigenvalue weighted by Crippen LogP contribution is 2.31. The maximum Gasteiger partial charge on any atom is 0.303 e. The summed E-state index contributed by atoms with van der Waals surface area (Å²) in [6.45, 7) is 14.7. The van der Waals surface area contributed by atoms with Crippen LogP contribution in [0.4, 0.5) is 0 Å². The molecule has 9 amide bonds. The number of hydrazine groups is 1. The summed E-state index contributed by atoms with van der Waals surface area (Å²) in [6.07, 6.45) is 8.80. The Labute approximate surface area is 578 Å². The van der Waals surface area contributed by atoms with Crippen LogP contribution in [0.2, 0.25) is 0 Å². The number of aromatic nitrogens is 1. The van der Waals surface area contributed by atoms with Crippen molar-refractivity contribution >= 4 is 93.2 Å². The van der Waals surface area contributed by atoms with Crippen LogP contribution >= 0.6 is 0 Å². The van der Waals surface area contributed by atoms with Gasteiger partial charge in [0.25, 0.3) is 0 Å². The van der Waals surface area contributed by atoms with E-state index in [1.807, 2.05) is 50.3 Å². The number of carboxylic acids is 1. The fraction of sp³-hybridized carbons (Fsp3) is 0.577. The average molecular weight is 1380 g/mol. The summed E-state index contributed by atoms with van der Waals surface area (Å²) in [6, 6.07) is 2.66. The predicted molar refractivity (Wildman–Crippen MR) is 369 cm³/mol. The molecule has 4 rings (SSSR count). The molecule has 0 radical (unpaired) electrons. The normalized spacial score (nSPS) is 22.6. The number of nitrogens with one attached hydrogen (secondary N) is 10. The minimum Gasteiger partial charge on any atom is -0.508 e. The van der Waals surface area contributed by atoms with Crippen molar-refractivity contribution in [1.82, 2.24) is 58.0 Å². The number of rotatable bonds is 26. The number of nitrogens with two attached hydrogens (primary N) is 1. The van der Waals surface area contributed by atoms with Crippen molar-refractivity contribution in [2.75, 3.05) is 13.6 Å². The molecule has 1 aliphatic heterocycles. The number of benzene rings is 2. The number of carbonyl (C=O) groups excluding carboxylic acids is 13. The summed E-state index contributed by atoms with van der Waals surface area (Å²) < 4.78 is 0. The van der Waals surface area contributed by atoms with Crippen molar-refractivity contribution in [3.05, 3.63) is 78.0 Å². The third-order valence-corrected chi connectivity index (χ3v) is 17.5. The van der Waals surface area contributed by atoms with Crippen LogP contribution in [-0.4, -0.2) is 170 Å². The lowest BCUT2D eigenvalue weighted by atomic mass is 9.79. The maximum absolute atomic E-state index is 15.0. The van der Waals surface area contributed by atoms with E-state index in [9.17, 15) is 77.3 Å². The molecule has 99 heavy (non-hydrogen) atoms. The van der Waals surface area contributed by atoms with E-state index in [0.29, 0.717) is 43.2 Å². The quantitative estimate of drug-likeness (QED) is 0.0311. The van der Waals surface area contributed by atoms with Gasteiger partial charge in [0, 0.05) is 62.2 Å². The van der Waals surface area contributed by atoms with Crippen LogP contribution in [0.15, 0.2) is 66.9 Å². The van der Waals surface area contributed by atoms with E-state index in [0.717, 1.165) is 23.7 Å². The number of aromatic hydroxyl groups is 1. The molecule has 11 atom stereocenters. The van der Waals surface area contributed by atoms with Crippen molar-refractivity contribution in [2.24, 2.45) is 23.0 Å². The van der Waals surface area contributed by atoms with Gasteiger partial charge in [0.2, 0.25) is 64.7 Å². The number of phenolic OH excluding ortho intramolecular Hbond substituents is 1. The average Bonchev–Trinajstić information content (AvgIpc) is 1.81. The van der Waals surface area contributed by atoms with Gasteiger partial charge in [-0.25, -0.2) is 10.4 Å². The number of allylic oxidation sites excluding steroid dienone is 2. The fourth-order valence-electron chi connectivity index (χ4n) is 11.8. The summed E-state index contributed by atoms with van der Waals surface area (Å²) in [5.74, 6) is -11.8. The SMILES string of the molecule is CC(=O)C[C@]1(C)CCCCCC/C=C/CCC[C@@](C)(C(=O)NC(C)C(=O)N[C@@H](C)C(=O)NC(C)C(=O)N[C@@H](C)C(=O)C(=O)[C@H](C)NN(C)CC(N)=O)NC(=O)[C@H](CC(C)C)CCC(=O)[C@H](Cc2c[nH]c3ccccc23)NC(=O)C(Cc2ccc(O)cc2)NC(=O)[C@H](CCC(=O)O)NC1=O. The third kappa shape index (κ3) is 27.2. The Kier molecular flexibility index (Phi) is 32.7. The van der Waals surface area contributed by atoms with Crippen LogP contribution in [0, 0.1) is 17.3 Å². The van der Waals surface area contributed by atoms with Gasteiger partial charge in [-0.3, -0.25) is 67.1 Å². The van der Waals surface area contributed by atoms with Crippen LogP contribution in [0.1, 0.15) is 177 Å². The van der Waals surface area contributed by atoms with Gasteiger partial charge in [-0.1, -0.05) is 82.5 Å². The van der Waals surface area contributed by atoms with Crippen molar-refractivity contribution in [3.63, 3.8) is 0 Å². The molecule has 0 bridgehead atoms. The zero-order valence-electron chi connectivity index (χ0n) is 59.0. The number of hydrogen-bond acceptors (Lipinski definition) is 17. The number of primary amides is 1. The highest BCUT2D eigenvalue weighted by atomic mass is 16.4. The van der Waals surface area contributed by atoms with Crippen LogP contribution < -0.4 is 53.7 Å². The monoisotopic (exact) mass is 1380 g/mol. The molecule has 1 aromatic heterocycles. The number of para-hydroxylation sites is 1. The second-order valence-electron chi connectivity index (χ2n) is 27.2. The lowest BCUT2D eigenvalue weighted by molar-refractivity contribution is -0.140. The number of carboxylic acid groups (broad SMARTS) is 1. The highest BCUT2D eigenvalue weighted by Gasteiger charge is 2.41. The molecule has 0 saturated heterocycles. The van der Waals surface area contributed by atoms with E-state index in [-0.39, 0.29) is 81.8 Å². The van der Waals surface area contributed by atoms with Crippen LogP contribution in [-0.2, 0) is 80.0 Å². The number of ketones is 4. The number of H-pyrrole nitrogens is 1. The number of fused-ring (bicyclic) bond motifs is 1. The van der Waals surface area contributed by atoms with Gasteiger partial charge in [0.05, 0.1) is 30.1 Å². The lowest BCUT2D eigenvalue weighted by Crippen LogP contribution is -2.61. The van der Waals surface area contributed by atoms with Crippen LogP contribution in [0.25, 0.3) is 10.9 Å². The first kappa shape index (κ1) is 82.2. The molecule has 0 spiro atoms. The van der Waals surface area contributed by atoms with Gasteiger partial charge >= 0.3 is 5.97 Å². The summed E-state index contributed by atoms with van der Waals surface area (Å²) in [5, 5.41) is 43.3. The van der Waals surface area contributed by atoms with Crippen molar-refractivity contribution in [3.8, 4) is 5.75 Å². The van der Waals surface area contributed by atoms with Gasteiger partial charge in [0.1, 0.15) is 47.3 Å². The molecule has 0 aliphatic carbocycles. The standard InChI is InChI=1S/C71H104N12O16/c1-41(2)35-49-27-31-57(86)55(37-50-39-73-53-24-20-19-23-52(50)53)78-67(97)56(36-48-25-28-51(85)29-26-48)79-66(96)54(30-32-59(88)89)80-68(98)70(9,38-42(3)84)33-21-17-15-13-12-14-16-18-22-34-71(10,81-65(49)95)69(99)77-47(8)64(94)76-46(7)63(93)75-45(6)62(92)74-43(4)60(90)61(91)44(5)82-83(11)40-58(72)87/h14,16,19-20,23-26,28-29,39,41,43-47,49,54-56,73,82,85H,12-13,15,17-18,21-22,27,30-38,40H2,1-11H3,(H2,72,87)(H,74,92)(H,75,93)(H,76,94)(H,77,99)(H,78,97)(H,79,96)(H,80,98)(H,81,95)(H,88,89)/b16-14+/t43-,44-,45?,46-,47?,49-,54-,55-,56?,70-,71-/m0/s1. The molecule has 2 heterocycles. The summed E-state index contributed by atoms with van der Waals surface area (Å²) in [4.78, 5) is 194. The first-order valence-corrected chi connectivity index (χ1v) is 34.0. The lowest BCUT2D eigenvalue weighted by Gasteiger charge is -2.33.